The van der Waals surface area contributed by atoms with Crippen LogP contribution in [0.1, 0.15) is 30.4 Å². The molecule has 3 heteroatoms. The molecule has 18 heavy (non-hydrogen) atoms. The Kier molecular flexibility index (Phi) is 4.60. The van der Waals surface area contributed by atoms with E-state index in [1.807, 2.05) is 25.1 Å². The lowest BCUT2D eigenvalue weighted by Crippen LogP contribution is -2.30. The number of para-hydroxylation sites is 1. The molecule has 0 radical (unpaired) electrons. The summed E-state index contributed by atoms with van der Waals surface area (Å²) >= 11 is 0. The minimum Gasteiger partial charge on any atom is -0.492 e. The highest BCUT2D eigenvalue weighted by Crippen LogP contribution is 2.23. The largest absolute Gasteiger partial charge is 0.492 e. The summed E-state index contributed by atoms with van der Waals surface area (Å²) in [6, 6.07) is 7.88. The monoisotopic (exact) mass is 244 g/mol. The molecule has 0 spiro atoms. The van der Waals surface area contributed by atoms with Crippen LogP contribution in [0, 0.1) is 24.2 Å². The molecule has 1 atom stereocenters. The van der Waals surface area contributed by atoms with Crippen molar-refractivity contribution in [3.8, 4) is 11.8 Å². The van der Waals surface area contributed by atoms with Gasteiger partial charge in [-0.05, 0) is 56.8 Å². The Morgan fingerprint density at radius 3 is 3.11 bits per heavy atom. The smallest absolute Gasteiger partial charge is 0.139 e. The summed E-state index contributed by atoms with van der Waals surface area (Å²) in [5.41, 5.74) is 1.67. The Morgan fingerprint density at radius 2 is 2.39 bits per heavy atom. The van der Waals surface area contributed by atoms with Crippen LogP contribution >= 0.6 is 0 Å². The van der Waals surface area contributed by atoms with E-state index in [-0.39, 0.29) is 0 Å². The summed E-state index contributed by atoms with van der Waals surface area (Å²) in [5.74, 6) is 1.47. The fourth-order valence-corrected chi connectivity index (χ4v) is 2.43. The molecule has 1 aromatic carbocycles. The maximum atomic E-state index is 9.05. The van der Waals surface area contributed by atoms with Gasteiger partial charge in [0.25, 0.3) is 0 Å². The number of benzene rings is 1. The summed E-state index contributed by atoms with van der Waals surface area (Å²) in [4.78, 5) is 0. The van der Waals surface area contributed by atoms with E-state index in [4.69, 9.17) is 10.00 Å². The van der Waals surface area contributed by atoms with Gasteiger partial charge in [0.1, 0.15) is 11.8 Å². The summed E-state index contributed by atoms with van der Waals surface area (Å²) < 4.78 is 5.81. The minimum absolute atomic E-state index is 0.636. The highest BCUT2D eigenvalue weighted by atomic mass is 16.5. The molecule has 0 bridgehead atoms. The van der Waals surface area contributed by atoms with Gasteiger partial charge < -0.3 is 10.1 Å². The summed E-state index contributed by atoms with van der Waals surface area (Å²) in [7, 11) is 0. The third-order valence-corrected chi connectivity index (χ3v) is 3.50. The summed E-state index contributed by atoms with van der Waals surface area (Å²) in [6.07, 6.45) is 3.61. The molecule has 1 heterocycles. The van der Waals surface area contributed by atoms with Crippen LogP contribution in [0.3, 0.4) is 0 Å². The molecule has 0 aromatic heterocycles. The Balaban J connectivity index is 1.88. The number of nitrogens with one attached hydrogen (secondary N) is 1. The van der Waals surface area contributed by atoms with E-state index in [2.05, 4.69) is 11.4 Å². The van der Waals surface area contributed by atoms with Gasteiger partial charge in [-0.25, -0.2) is 0 Å². The van der Waals surface area contributed by atoms with E-state index in [1.54, 1.807) is 0 Å². The SMILES string of the molecule is Cc1cccc(C#N)c1OCCC1CCCNC1. The van der Waals surface area contributed by atoms with Crippen LogP contribution in [0.5, 0.6) is 5.75 Å². The van der Waals surface area contributed by atoms with Crippen LogP contribution in [-0.4, -0.2) is 19.7 Å². The van der Waals surface area contributed by atoms with Crippen molar-refractivity contribution in [1.29, 1.82) is 5.26 Å². The maximum Gasteiger partial charge on any atom is 0.139 e. The van der Waals surface area contributed by atoms with Crippen molar-refractivity contribution < 1.29 is 4.74 Å². The zero-order chi connectivity index (χ0) is 12.8. The second-order valence-corrected chi connectivity index (χ2v) is 4.91. The van der Waals surface area contributed by atoms with Crippen LogP contribution in [0.15, 0.2) is 18.2 Å². The van der Waals surface area contributed by atoms with Gasteiger partial charge >= 0.3 is 0 Å². The first-order valence-electron chi connectivity index (χ1n) is 6.64. The molecule has 1 saturated heterocycles. The fourth-order valence-electron chi connectivity index (χ4n) is 2.43. The molecule has 1 aromatic rings. The molecule has 1 fully saturated rings. The first kappa shape index (κ1) is 12.9. The van der Waals surface area contributed by atoms with Gasteiger partial charge in [-0.3, -0.25) is 0 Å². The van der Waals surface area contributed by atoms with Gasteiger partial charge in [-0.1, -0.05) is 12.1 Å². The Bertz CT molecular complexity index is 431. The highest BCUT2D eigenvalue weighted by Gasteiger charge is 2.13. The number of piperidine rings is 1. The van der Waals surface area contributed by atoms with Crippen molar-refractivity contribution in [2.24, 2.45) is 5.92 Å². The highest BCUT2D eigenvalue weighted by molar-refractivity contribution is 5.47. The van der Waals surface area contributed by atoms with Crippen LogP contribution in [0.25, 0.3) is 0 Å². The van der Waals surface area contributed by atoms with Crippen LogP contribution in [-0.2, 0) is 0 Å². The number of nitrogens with zero attached hydrogens (tertiary/aromatic N) is 1. The zero-order valence-electron chi connectivity index (χ0n) is 10.9. The number of aryl methyl sites for hydroxylation is 1. The van der Waals surface area contributed by atoms with Crippen molar-refractivity contribution in [3.05, 3.63) is 29.3 Å². The molecular weight excluding hydrogens is 224 g/mol. The van der Waals surface area contributed by atoms with Crippen molar-refractivity contribution in [2.75, 3.05) is 19.7 Å². The molecule has 96 valence electrons. The van der Waals surface area contributed by atoms with Crippen molar-refractivity contribution in [2.45, 2.75) is 26.2 Å². The average molecular weight is 244 g/mol. The molecule has 1 N–H and O–H groups in total. The van der Waals surface area contributed by atoms with Crippen LogP contribution in [0.2, 0.25) is 0 Å². The lowest BCUT2D eigenvalue weighted by Gasteiger charge is -2.22. The van der Waals surface area contributed by atoms with Gasteiger partial charge in [-0.15, -0.1) is 0 Å². The first-order chi connectivity index (χ1) is 8.81. The number of rotatable bonds is 4. The lowest BCUT2D eigenvalue weighted by atomic mass is 9.97. The van der Waals surface area contributed by atoms with E-state index in [9.17, 15) is 0 Å². The van der Waals surface area contributed by atoms with Gasteiger partial charge in [-0.2, -0.15) is 5.26 Å². The molecule has 0 saturated carbocycles. The minimum atomic E-state index is 0.636. The normalized spacial score (nSPS) is 19.2. The Labute approximate surface area is 109 Å². The van der Waals surface area contributed by atoms with Gasteiger partial charge in [0.2, 0.25) is 0 Å². The van der Waals surface area contributed by atoms with E-state index >= 15 is 0 Å². The maximum absolute atomic E-state index is 9.05. The van der Waals surface area contributed by atoms with E-state index in [0.29, 0.717) is 18.1 Å². The van der Waals surface area contributed by atoms with Crippen LogP contribution < -0.4 is 10.1 Å². The standard InChI is InChI=1S/C15H20N2O/c1-12-4-2-6-14(10-16)15(12)18-9-7-13-5-3-8-17-11-13/h2,4,6,13,17H,3,5,7-9,11H2,1H3. The fraction of sp³-hybridized carbons (Fsp3) is 0.533. The quantitative estimate of drug-likeness (QED) is 0.885. The van der Waals surface area contributed by atoms with E-state index in [1.165, 1.54) is 12.8 Å². The van der Waals surface area contributed by atoms with Crippen molar-refractivity contribution in [3.63, 3.8) is 0 Å². The second kappa shape index (κ2) is 6.42. The number of hydrogen-bond donors (Lipinski definition) is 1. The molecule has 1 unspecified atom stereocenters. The summed E-state index contributed by atoms with van der Waals surface area (Å²) in [6.45, 7) is 4.93. The first-order valence-corrected chi connectivity index (χ1v) is 6.64. The van der Waals surface area contributed by atoms with Crippen LogP contribution in [0.4, 0.5) is 0 Å². The van der Waals surface area contributed by atoms with Crippen molar-refractivity contribution in [1.82, 2.24) is 5.32 Å². The second-order valence-electron chi connectivity index (χ2n) is 4.91. The third-order valence-electron chi connectivity index (χ3n) is 3.50. The molecule has 2 rings (SSSR count). The predicted octanol–water partition coefficient (Wildman–Crippen LogP) is 2.64. The van der Waals surface area contributed by atoms with E-state index < -0.39 is 0 Å². The molecule has 1 aliphatic heterocycles. The lowest BCUT2D eigenvalue weighted by molar-refractivity contribution is 0.252. The molecule has 1 aliphatic rings. The number of nitriles is 1. The summed E-state index contributed by atoms with van der Waals surface area (Å²) in [5, 5.41) is 12.5. The van der Waals surface area contributed by atoms with Gasteiger partial charge in [0.05, 0.1) is 12.2 Å². The van der Waals surface area contributed by atoms with Crippen molar-refractivity contribution >= 4 is 0 Å². The Hall–Kier alpha value is -1.53. The molecule has 0 amide bonds. The van der Waals surface area contributed by atoms with Gasteiger partial charge in [0, 0.05) is 0 Å². The molecule has 0 aliphatic carbocycles. The zero-order valence-corrected chi connectivity index (χ0v) is 10.9. The Morgan fingerprint density at radius 1 is 1.50 bits per heavy atom. The molecular formula is C15H20N2O. The van der Waals surface area contributed by atoms with E-state index in [0.717, 1.165) is 30.8 Å². The average Bonchev–Trinajstić information content (AvgIpc) is 2.41. The van der Waals surface area contributed by atoms with Gasteiger partial charge in [0.15, 0.2) is 0 Å². The third kappa shape index (κ3) is 3.24. The molecule has 3 nitrogen and oxygen atoms in total. The number of ether oxygens (including phenoxy) is 1. The number of hydrogen-bond acceptors (Lipinski definition) is 3. The predicted molar refractivity (Wildman–Crippen MR) is 71.6 cm³/mol. The topological polar surface area (TPSA) is 45.0 Å².